The van der Waals surface area contributed by atoms with Crippen LogP contribution in [0.4, 0.5) is 0 Å². The van der Waals surface area contributed by atoms with Crippen LogP contribution in [0.1, 0.15) is 5.56 Å². The lowest BCUT2D eigenvalue weighted by Crippen LogP contribution is -1.82. The smallest absolute Gasteiger partial charge is 0.122 e. The van der Waals surface area contributed by atoms with Crippen molar-refractivity contribution in [2.75, 3.05) is 7.11 Å². The summed E-state index contributed by atoms with van der Waals surface area (Å²) >= 11 is 0. The number of ether oxygens (including phenoxy) is 1. The van der Waals surface area contributed by atoms with Crippen molar-refractivity contribution in [1.82, 2.24) is 0 Å². The van der Waals surface area contributed by atoms with Gasteiger partial charge in [-0.2, -0.15) is 0 Å². The number of hydrogen-bond donors (Lipinski definition) is 3. The van der Waals surface area contributed by atoms with E-state index in [4.69, 9.17) is 20.1 Å². The minimum atomic E-state index is 0.0880. The van der Waals surface area contributed by atoms with Crippen molar-refractivity contribution in [3.63, 3.8) is 0 Å². The van der Waals surface area contributed by atoms with Crippen LogP contribution in [0.25, 0.3) is 0 Å². The van der Waals surface area contributed by atoms with Crippen molar-refractivity contribution < 1.29 is 20.1 Å². The van der Waals surface area contributed by atoms with E-state index >= 15 is 0 Å². The van der Waals surface area contributed by atoms with Crippen molar-refractivity contribution in [2.24, 2.45) is 0 Å². The maximum atomic E-state index is 9.04. The van der Waals surface area contributed by atoms with Crippen LogP contribution in [0.5, 0.6) is 23.0 Å². The molecule has 3 N–H and O–H groups in total. The third-order valence-electron chi connectivity index (χ3n) is 2.10. The molecule has 0 aliphatic carbocycles. The molecular weight excluding hydrogens is 232 g/mol. The summed E-state index contributed by atoms with van der Waals surface area (Å²) < 4.78 is 4.92. The van der Waals surface area contributed by atoms with Gasteiger partial charge in [-0.1, -0.05) is 6.07 Å². The number of aryl methyl sites for hydroxylation is 1. The van der Waals surface area contributed by atoms with Crippen LogP contribution in [-0.2, 0) is 0 Å². The van der Waals surface area contributed by atoms with Crippen LogP contribution in [0.3, 0.4) is 0 Å². The van der Waals surface area contributed by atoms with Crippen molar-refractivity contribution in [3.8, 4) is 23.0 Å². The second kappa shape index (κ2) is 6.39. The van der Waals surface area contributed by atoms with E-state index < -0.39 is 0 Å². The molecule has 4 nitrogen and oxygen atoms in total. The Balaban J connectivity index is 0.000000184. The lowest BCUT2D eigenvalue weighted by Gasteiger charge is -2.00. The summed E-state index contributed by atoms with van der Waals surface area (Å²) in [6, 6.07) is 11.0. The van der Waals surface area contributed by atoms with Gasteiger partial charge in [0.15, 0.2) is 0 Å². The number of hydrogen-bond acceptors (Lipinski definition) is 4. The van der Waals surface area contributed by atoms with Gasteiger partial charge in [-0.05, 0) is 36.8 Å². The Morgan fingerprint density at radius 3 is 1.83 bits per heavy atom. The van der Waals surface area contributed by atoms with E-state index in [0.717, 1.165) is 5.56 Å². The summed E-state index contributed by atoms with van der Waals surface area (Å²) in [5.41, 5.74) is 0.997. The van der Waals surface area contributed by atoms with E-state index in [1.54, 1.807) is 25.3 Å². The molecule has 0 unspecified atom stereocenters. The van der Waals surface area contributed by atoms with Crippen molar-refractivity contribution in [2.45, 2.75) is 6.92 Å². The first kappa shape index (κ1) is 13.7. The van der Waals surface area contributed by atoms with Gasteiger partial charge in [0.2, 0.25) is 0 Å². The number of aromatic hydroxyl groups is 3. The first-order valence-corrected chi connectivity index (χ1v) is 5.34. The highest BCUT2D eigenvalue weighted by atomic mass is 16.5. The topological polar surface area (TPSA) is 69.9 Å². The minimum Gasteiger partial charge on any atom is -0.508 e. The van der Waals surface area contributed by atoms with Gasteiger partial charge in [0.05, 0.1) is 7.11 Å². The monoisotopic (exact) mass is 248 g/mol. The fraction of sp³-hybridized carbons (Fsp3) is 0.143. The predicted molar refractivity (Wildman–Crippen MR) is 69.2 cm³/mol. The van der Waals surface area contributed by atoms with E-state index in [1.165, 1.54) is 18.2 Å². The normalized spacial score (nSPS) is 9.22. The molecular formula is C14H16O4. The molecule has 0 atom stereocenters. The molecule has 0 bridgehead atoms. The molecule has 0 saturated heterocycles. The third kappa shape index (κ3) is 4.65. The Morgan fingerprint density at radius 2 is 1.44 bits per heavy atom. The molecule has 0 aliphatic rings. The van der Waals surface area contributed by atoms with Gasteiger partial charge in [-0.25, -0.2) is 0 Å². The van der Waals surface area contributed by atoms with Crippen LogP contribution in [0.15, 0.2) is 42.5 Å². The molecule has 96 valence electrons. The highest BCUT2D eigenvalue weighted by Crippen LogP contribution is 2.20. The number of methoxy groups -OCH3 is 1. The summed E-state index contributed by atoms with van der Waals surface area (Å²) in [5, 5.41) is 26.4. The van der Waals surface area contributed by atoms with Gasteiger partial charge >= 0.3 is 0 Å². The van der Waals surface area contributed by atoms with Crippen molar-refractivity contribution in [1.29, 1.82) is 0 Å². The number of phenols is 3. The zero-order valence-electron chi connectivity index (χ0n) is 10.3. The van der Waals surface area contributed by atoms with Crippen molar-refractivity contribution in [3.05, 3.63) is 48.0 Å². The minimum absolute atomic E-state index is 0.0880. The Morgan fingerprint density at radius 1 is 0.833 bits per heavy atom. The molecule has 0 saturated carbocycles. The summed E-state index contributed by atoms with van der Waals surface area (Å²) in [4.78, 5) is 0. The lowest BCUT2D eigenvalue weighted by atomic mass is 10.2. The van der Waals surface area contributed by atoms with E-state index in [9.17, 15) is 0 Å². The lowest BCUT2D eigenvalue weighted by molar-refractivity contribution is 0.407. The predicted octanol–water partition coefficient (Wildman–Crippen LogP) is 2.81. The quantitative estimate of drug-likeness (QED) is 0.725. The number of benzene rings is 2. The first-order chi connectivity index (χ1) is 8.51. The second-order valence-electron chi connectivity index (χ2n) is 3.73. The molecule has 0 amide bonds. The maximum absolute atomic E-state index is 9.04. The zero-order chi connectivity index (χ0) is 13.5. The highest BCUT2D eigenvalue weighted by molar-refractivity contribution is 5.36. The van der Waals surface area contributed by atoms with Crippen molar-refractivity contribution >= 4 is 0 Å². The van der Waals surface area contributed by atoms with Crippen LogP contribution < -0.4 is 4.74 Å². The Labute approximate surface area is 106 Å². The van der Waals surface area contributed by atoms with Gasteiger partial charge in [0, 0.05) is 12.1 Å². The van der Waals surface area contributed by atoms with Gasteiger partial charge in [-0.3, -0.25) is 0 Å². The molecule has 0 aliphatic heterocycles. The molecule has 0 heterocycles. The standard InChI is InChI=1S/C8H10O2.C6H6O2/c1-6-3-7(9)5-8(4-6)10-2;7-5-2-1-3-6(8)4-5/h3-5,9H,1-2H3;1-4,7-8H. The molecule has 0 spiro atoms. The molecule has 2 aromatic rings. The van der Waals surface area contributed by atoms with Crippen LogP contribution >= 0.6 is 0 Å². The van der Waals surface area contributed by atoms with Gasteiger partial charge in [0.25, 0.3) is 0 Å². The SMILES string of the molecule is COc1cc(C)cc(O)c1.Oc1cccc(O)c1. The van der Waals surface area contributed by atoms with E-state index in [2.05, 4.69) is 0 Å². The Bertz CT molecular complexity index is 471. The summed E-state index contributed by atoms with van der Waals surface area (Å²) in [6.07, 6.45) is 0. The second-order valence-corrected chi connectivity index (χ2v) is 3.73. The molecule has 4 heteroatoms. The van der Waals surface area contributed by atoms with Gasteiger partial charge in [-0.15, -0.1) is 0 Å². The van der Waals surface area contributed by atoms with Crippen LogP contribution in [0, 0.1) is 6.92 Å². The largest absolute Gasteiger partial charge is 0.508 e. The first-order valence-electron chi connectivity index (χ1n) is 5.34. The summed E-state index contributed by atoms with van der Waals surface area (Å²) in [7, 11) is 1.58. The van der Waals surface area contributed by atoms with E-state index in [0.29, 0.717) is 5.75 Å². The fourth-order valence-corrected chi connectivity index (χ4v) is 1.34. The fourth-order valence-electron chi connectivity index (χ4n) is 1.34. The van der Waals surface area contributed by atoms with Crippen LogP contribution in [0.2, 0.25) is 0 Å². The molecule has 2 rings (SSSR count). The molecule has 0 fully saturated rings. The van der Waals surface area contributed by atoms with Gasteiger partial charge in [0.1, 0.15) is 23.0 Å². The summed E-state index contributed by atoms with van der Waals surface area (Å²) in [5.74, 6) is 1.12. The summed E-state index contributed by atoms with van der Waals surface area (Å²) in [6.45, 7) is 1.90. The highest BCUT2D eigenvalue weighted by Gasteiger charge is 1.94. The van der Waals surface area contributed by atoms with E-state index in [1.807, 2.05) is 13.0 Å². The Kier molecular flexibility index (Phi) is 4.87. The van der Waals surface area contributed by atoms with Gasteiger partial charge < -0.3 is 20.1 Å². The third-order valence-corrected chi connectivity index (χ3v) is 2.10. The zero-order valence-corrected chi connectivity index (χ0v) is 10.3. The molecule has 0 aromatic heterocycles. The van der Waals surface area contributed by atoms with Crippen LogP contribution in [-0.4, -0.2) is 22.4 Å². The molecule has 0 radical (unpaired) electrons. The maximum Gasteiger partial charge on any atom is 0.122 e. The van der Waals surface area contributed by atoms with E-state index in [-0.39, 0.29) is 17.2 Å². The average molecular weight is 248 g/mol. The Hall–Kier alpha value is -2.36. The molecule has 18 heavy (non-hydrogen) atoms. The average Bonchev–Trinajstić information content (AvgIpc) is 2.28. The molecule has 2 aromatic carbocycles. The number of rotatable bonds is 1. The number of phenolic OH excluding ortho intramolecular Hbond substituents is 3.